The SMILES string of the molecule is CN(C(=S)Oc1ccc(C(=O)Nc2ccc3nc4c5ccccc5c5ccccc5c4nc3c2)cc1)c1ccc2ccccc2c1. The summed E-state index contributed by atoms with van der Waals surface area (Å²) in [6, 6.07) is 43.4. The van der Waals surface area contributed by atoms with Gasteiger partial charge in [-0.15, -0.1) is 0 Å². The number of nitrogens with zero attached hydrogens (tertiary/aromatic N) is 3. The molecule has 8 rings (SSSR count). The zero-order valence-electron chi connectivity index (χ0n) is 24.8. The molecule has 46 heavy (non-hydrogen) atoms. The standard InChI is InChI=1S/C39H26N4O2S/c1-43(28-18-14-24-8-2-3-9-26(24)22-28)39(46)45-29-19-15-25(16-20-29)38(44)40-27-17-21-34-35(23-27)42-37-33-13-7-5-11-31(33)30-10-4-6-12-32(30)36(37)41-34/h2-23H,1H3,(H,40,44). The molecule has 0 radical (unpaired) electrons. The van der Waals surface area contributed by atoms with Crippen LogP contribution in [0.5, 0.6) is 5.75 Å². The first-order chi connectivity index (χ1) is 22.5. The molecule has 0 aliphatic rings. The van der Waals surface area contributed by atoms with E-state index >= 15 is 0 Å². The van der Waals surface area contributed by atoms with Gasteiger partial charge >= 0.3 is 0 Å². The van der Waals surface area contributed by atoms with Gasteiger partial charge in [0, 0.05) is 34.8 Å². The fourth-order valence-electron chi connectivity index (χ4n) is 5.89. The molecule has 7 heteroatoms. The second-order valence-electron chi connectivity index (χ2n) is 11.2. The molecule has 0 saturated carbocycles. The van der Waals surface area contributed by atoms with Crippen LogP contribution in [0.2, 0.25) is 0 Å². The van der Waals surface area contributed by atoms with Gasteiger partial charge in [0.05, 0.1) is 22.1 Å². The van der Waals surface area contributed by atoms with Crippen molar-refractivity contribution < 1.29 is 9.53 Å². The van der Waals surface area contributed by atoms with Crippen molar-refractivity contribution in [1.29, 1.82) is 0 Å². The summed E-state index contributed by atoms with van der Waals surface area (Å²) in [6.45, 7) is 0. The zero-order chi connectivity index (χ0) is 31.2. The topological polar surface area (TPSA) is 67.3 Å². The van der Waals surface area contributed by atoms with Gasteiger partial charge in [0.25, 0.3) is 11.1 Å². The molecule has 0 unspecified atom stereocenters. The summed E-state index contributed by atoms with van der Waals surface area (Å²) in [5.41, 5.74) is 5.22. The average Bonchev–Trinajstić information content (AvgIpc) is 3.10. The maximum absolute atomic E-state index is 13.2. The van der Waals surface area contributed by atoms with Crippen molar-refractivity contribution in [2.75, 3.05) is 17.3 Å². The molecule has 0 aliphatic carbocycles. The van der Waals surface area contributed by atoms with E-state index in [2.05, 4.69) is 53.8 Å². The van der Waals surface area contributed by atoms with Gasteiger partial charge in [-0.3, -0.25) is 4.79 Å². The molecule has 6 nitrogen and oxygen atoms in total. The van der Waals surface area contributed by atoms with Crippen molar-refractivity contribution in [3.8, 4) is 5.75 Å². The highest BCUT2D eigenvalue weighted by atomic mass is 32.1. The van der Waals surface area contributed by atoms with E-state index in [1.165, 1.54) is 0 Å². The fraction of sp³-hybridized carbons (Fsp3) is 0.0256. The van der Waals surface area contributed by atoms with E-state index in [1.54, 1.807) is 24.3 Å². The first kappa shape index (κ1) is 27.6. The van der Waals surface area contributed by atoms with Crippen LogP contribution in [0.1, 0.15) is 10.4 Å². The van der Waals surface area contributed by atoms with Crippen LogP contribution < -0.4 is 15.0 Å². The Balaban J connectivity index is 1.01. The summed E-state index contributed by atoms with van der Waals surface area (Å²) in [5, 5.41) is 9.99. The Kier molecular flexibility index (Phi) is 6.73. The van der Waals surface area contributed by atoms with Crippen molar-refractivity contribution in [3.63, 3.8) is 0 Å². The highest BCUT2D eigenvalue weighted by Crippen LogP contribution is 2.34. The van der Waals surface area contributed by atoms with E-state index < -0.39 is 0 Å². The number of nitrogens with one attached hydrogen (secondary N) is 1. The highest BCUT2D eigenvalue weighted by Gasteiger charge is 2.14. The largest absolute Gasteiger partial charge is 0.432 e. The molecule has 1 N–H and O–H groups in total. The Labute approximate surface area is 269 Å². The zero-order valence-corrected chi connectivity index (χ0v) is 25.6. The Morgan fingerprint density at radius 2 is 1.26 bits per heavy atom. The molecule has 1 heterocycles. The maximum atomic E-state index is 13.2. The summed E-state index contributed by atoms with van der Waals surface area (Å²) in [5.74, 6) is 0.300. The minimum Gasteiger partial charge on any atom is -0.432 e. The Morgan fingerprint density at radius 3 is 1.96 bits per heavy atom. The predicted molar refractivity (Wildman–Crippen MR) is 192 cm³/mol. The van der Waals surface area contributed by atoms with Crippen molar-refractivity contribution in [2.45, 2.75) is 0 Å². The van der Waals surface area contributed by atoms with E-state index in [0.29, 0.717) is 27.7 Å². The lowest BCUT2D eigenvalue weighted by molar-refractivity contribution is 0.102. The molecule has 1 amide bonds. The number of hydrogen-bond acceptors (Lipinski definition) is 5. The quantitative estimate of drug-likeness (QED) is 0.121. The lowest BCUT2D eigenvalue weighted by Crippen LogP contribution is -2.29. The number of hydrogen-bond donors (Lipinski definition) is 1. The number of amides is 1. The monoisotopic (exact) mass is 614 g/mol. The number of carbonyl (C=O) groups is 1. The van der Waals surface area contributed by atoms with Crippen molar-refractivity contribution >= 4 is 89.1 Å². The summed E-state index contributed by atoms with van der Waals surface area (Å²) in [4.78, 5) is 25.1. The third-order valence-electron chi connectivity index (χ3n) is 8.29. The predicted octanol–water partition coefficient (Wildman–Crippen LogP) is 9.29. The van der Waals surface area contributed by atoms with Gasteiger partial charge in [-0.2, -0.15) is 0 Å². The van der Waals surface area contributed by atoms with E-state index in [1.807, 2.05) is 72.6 Å². The molecule has 0 bridgehead atoms. The van der Waals surface area contributed by atoms with E-state index in [-0.39, 0.29) is 5.91 Å². The van der Waals surface area contributed by atoms with Gasteiger partial charge in [-0.1, -0.05) is 78.9 Å². The number of aromatic nitrogens is 2. The lowest BCUT2D eigenvalue weighted by atomic mass is 9.99. The number of anilines is 2. The van der Waals surface area contributed by atoms with Crippen LogP contribution in [-0.4, -0.2) is 28.1 Å². The van der Waals surface area contributed by atoms with Crippen LogP contribution in [0.3, 0.4) is 0 Å². The number of thiocarbonyl (C=S) groups is 1. The molecule has 1 aromatic heterocycles. The van der Waals surface area contributed by atoms with Gasteiger partial charge < -0.3 is 15.0 Å². The Morgan fingerprint density at radius 1 is 0.652 bits per heavy atom. The van der Waals surface area contributed by atoms with Crippen LogP contribution in [-0.2, 0) is 0 Å². The van der Waals surface area contributed by atoms with Crippen LogP contribution in [0.15, 0.2) is 133 Å². The Hall–Kier alpha value is -5.92. The molecule has 0 atom stereocenters. The van der Waals surface area contributed by atoms with Crippen LogP contribution >= 0.6 is 12.2 Å². The Bertz CT molecular complexity index is 2490. The number of fused-ring (bicyclic) bond motifs is 8. The molecule has 7 aromatic carbocycles. The summed E-state index contributed by atoms with van der Waals surface area (Å²) < 4.78 is 5.95. The van der Waals surface area contributed by atoms with Crippen molar-refractivity contribution in [2.24, 2.45) is 0 Å². The summed E-state index contributed by atoms with van der Waals surface area (Å²) in [7, 11) is 1.87. The molecule has 0 fully saturated rings. The van der Waals surface area contributed by atoms with Gasteiger partial charge in [0.2, 0.25) is 0 Å². The van der Waals surface area contributed by atoms with Crippen molar-refractivity contribution in [3.05, 3.63) is 139 Å². The van der Waals surface area contributed by atoms with Crippen LogP contribution in [0.25, 0.3) is 54.4 Å². The van der Waals surface area contributed by atoms with Gasteiger partial charge in [-0.05, 0) is 88.4 Å². The molecule has 0 saturated heterocycles. The number of rotatable bonds is 4. The third kappa shape index (κ3) is 4.93. The van der Waals surface area contributed by atoms with E-state index in [0.717, 1.165) is 54.6 Å². The summed E-state index contributed by atoms with van der Waals surface area (Å²) in [6.07, 6.45) is 0. The highest BCUT2D eigenvalue weighted by molar-refractivity contribution is 7.80. The number of carbonyl (C=O) groups excluding carboxylic acids is 1. The molecular formula is C39H26N4O2S. The number of ether oxygens (including phenoxy) is 1. The second kappa shape index (κ2) is 11.2. The second-order valence-corrected chi connectivity index (χ2v) is 11.5. The van der Waals surface area contributed by atoms with E-state index in [4.69, 9.17) is 26.9 Å². The molecule has 0 spiro atoms. The first-order valence-electron chi connectivity index (χ1n) is 14.9. The molecular weight excluding hydrogens is 589 g/mol. The van der Waals surface area contributed by atoms with Crippen LogP contribution in [0, 0.1) is 0 Å². The van der Waals surface area contributed by atoms with E-state index in [9.17, 15) is 4.79 Å². The van der Waals surface area contributed by atoms with Gasteiger partial charge in [-0.25, -0.2) is 9.97 Å². The third-order valence-corrected chi connectivity index (χ3v) is 8.65. The first-order valence-corrected chi connectivity index (χ1v) is 15.3. The summed E-state index contributed by atoms with van der Waals surface area (Å²) >= 11 is 5.57. The molecule has 220 valence electrons. The van der Waals surface area contributed by atoms with Gasteiger partial charge in [0.15, 0.2) is 0 Å². The maximum Gasteiger partial charge on any atom is 0.269 e. The molecule has 8 aromatic rings. The number of benzene rings is 7. The molecule has 0 aliphatic heterocycles. The minimum absolute atomic E-state index is 0.244. The van der Waals surface area contributed by atoms with Gasteiger partial charge in [0.1, 0.15) is 5.75 Å². The fourth-order valence-corrected chi connectivity index (χ4v) is 6.10. The smallest absolute Gasteiger partial charge is 0.269 e. The lowest BCUT2D eigenvalue weighted by Gasteiger charge is -2.20. The van der Waals surface area contributed by atoms with Crippen molar-refractivity contribution in [1.82, 2.24) is 9.97 Å². The van der Waals surface area contributed by atoms with Crippen LogP contribution in [0.4, 0.5) is 11.4 Å². The normalized spacial score (nSPS) is 11.3. The minimum atomic E-state index is -0.244. The average molecular weight is 615 g/mol.